The fourth-order valence-electron chi connectivity index (χ4n) is 2.04. The third-order valence-corrected chi connectivity index (χ3v) is 5.32. The van der Waals surface area contributed by atoms with Gasteiger partial charge in [0.1, 0.15) is 4.90 Å². The summed E-state index contributed by atoms with van der Waals surface area (Å²) in [5.41, 5.74) is 0. The zero-order valence-corrected chi connectivity index (χ0v) is 13.9. The molecule has 0 aliphatic carbocycles. The first-order chi connectivity index (χ1) is 9.97. The van der Waals surface area contributed by atoms with Gasteiger partial charge < -0.3 is 0 Å². The molecule has 3 nitrogen and oxygen atoms in total. The van der Waals surface area contributed by atoms with Crippen molar-refractivity contribution in [3.63, 3.8) is 0 Å². The molecule has 0 amide bonds. The molecule has 0 spiro atoms. The SMILES string of the molecule is CCCCCOS(=O)(=O)c1cc(Cl)c2ccccc2c1Cl. The highest BCUT2D eigenvalue weighted by atomic mass is 35.5. The van der Waals surface area contributed by atoms with Crippen LogP contribution < -0.4 is 0 Å². The van der Waals surface area contributed by atoms with E-state index >= 15 is 0 Å². The van der Waals surface area contributed by atoms with Crippen LogP contribution in [0.5, 0.6) is 0 Å². The molecule has 0 atom stereocenters. The third kappa shape index (κ3) is 3.69. The van der Waals surface area contributed by atoms with Crippen molar-refractivity contribution in [2.75, 3.05) is 6.61 Å². The van der Waals surface area contributed by atoms with Gasteiger partial charge >= 0.3 is 0 Å². The van der Waals surface area contributed by atoms with Gasteiger partial charge in [0.15, 0.2) is 0 Å². The third-order valence-electron chi connectivity index (χ3n) is 3.15. The summed E-state index contributed by atoms with van der Waals surface area (Å²) in [5.74, 6) is 0. The second-order valence-corrected chi connectivity index (χ2v) is 7.07. The maximum atomic E-state index is 12.2. The molecule has 2 rings (SSSR count). The highest BCUT2D eigenvalue weighted by molar-refractivity contribution is 7.87. The number of hydrogen-bond donors (Lipinski definition) is 0. The fraction of sp³-hybridized carbons (Fsp3) is 0.333. The van der Waals surface area contributed by atoms with Gasteiger partial charge in [-0.3, -0.25) is 4.18 Å². The maximum Gasteiger partial charge on any atom is 0.298 e. The average molecular weight is 347 g/mol. The van der Waals surface area contributed by atoms with Gasteiger partial charge in [-0.25, -0.2) is 0 Å². The Morgan fingerprint density at radius 1 is 1.10 bits per heavy atom. The van der Waals surface area contributed by atoms with Gasteiger partial charge in [-0.1, -0.05) is 67.2 Å². The Morgan fingerprint density at radius 3 is 2.43 bits per heavy atom. The van der Waals surface area contributed by atoms with Crippen LogP contribution in [0.1, 0.15) is 26.2 Å². The van der Waals surface area contributed by atoms with Crippen molar-refractivity contribution in [3.05, 3.63) is 40.4 Å². The van der Waals surface area contributed by atoms with Crippen LogP contribution in [0.25, 0.3) is 10.8 Å². The molecule has 0 bridgehead atoms. The van der Waals surface area contributed by atoms with E-state index in [1.54, 1.807) is 18.2 Å². The van der Waals surface area contributed by atoms with Crippen LogP contribution in [0.4, 0.5) is 0 Å². The first kappa shape index (κ1) is 16.6. The van der Waals surface area contributed by atoms with E-state index in [9.17, 15) is 8.42 Å². The molecular weight excluding hydrogens is 331 g/mol. The van der Waals surface area contributed by atoms with E-state index in [-0.39, 0.29) is 16.5 Å². The maximum absolute atomic E-state index is 12.2. The minimum Gasteiger partial charge on any atom is -0.266 e. The molecule has 0 saturated carbocycles. The first-order valence-corrected chi connectivity index (χ1v) is 8.90. The lowest BCUT2D eigenvalue weighted by atomic mass is 10.1. The minimum absolute atomic E-state index is 0.0793. The Bertz CT molecular complexity index is 742. The van der Waals surface area contributed by atoms with Crippen LogP contribution in [0.2, 0.25) is 10.0 Å². The summed E-state index contributed by atoms with van der Waals surface area (Å²) >= 11 is 12.4. The topological polar surface area (TPSA) is 43.4 Å². The Labute approximate surface area is 134 Å². The highest BCUT2D eigenvalue weighted by Gasteiger charge is 2.22. The van der Waals surface area contributed by atoms with Crippen molar-refractivity contribution in [1.29, 1.82) is 0 Å². The van der Waals surface area contributed by atoms with Gasteiger partial charge in [-0.2, -0.15) is 8.42 Å². The van der Waals surface area contributed by atoms with Crippen molar-refractivity contribution in [3.8, 4) is 0 Å². The molecule has 0 fully saturated rings. The number of hydrogen-bond acceptors (Lipinski definition) is 3. The monoisotopic (exact) mass is 346 g/mol. The molecule has 0 aliphatic heterocycles. The Hall–Kier alpha value is -0.810. The minimum atomic E-state index is -3.90. The Morgan fingerprint density at radius 2 is 1.76 bits per heavy atom. The van der Waals surface area contributed by atoms with Gasteiger partial charge in [0.05, 0.1) is 11.6 Å². The lowest BCUT2D eigenvalue weighted by molar-refractivity contribution is 0.308. The van der Waals surface area contributed by atoms with E-state index in [1.165, 1.54) is 6.07 Å². The predicted molar refractivity (Wildman–Crippen MR) is 86.6 cm³/mol. The summed E-state index contributed by atoms with van der Waals surface area (Å²) in [4.78, 5) is -0.0793. The molecule has 0 aromatic heterocycles. The Kier molecular flexibility index (Phi) is 5.49. The molecular formula is C15H16Cl2O3S. The summed E-state index contributed by atoms with van der Waals surface area (Å²) < 4.78 is 29.5. The fourth-order valence-corrected chi connectivity index (χ4v) is 3.94. The second-order valence-electron chi connectivity index (χ2n) is 4.70. The van der Waals surface area contributed by atoms with Crippen LogP contribution in [0, 0.1) is 0 Å². The number of unbranched alkanes of at least 4 members (excludes halogenated alkanes) is 2. The van der Waals surface area contributed by atoms with E-state index in [0.717, 1.165) is 12.8 Å². The summed E-state index contributed by atoms with van der Waals surface area (Å²) in [7, 11) is -3.90. The molecule has 6 heteroatoms. The van der Waals surface area contributed by atoms with Crippen LogP contribution in [-0.4, -0.2) is 15.0 Å². The van der Waals surface area contributed by atoms with Crippen LogP contribution >= 0.6 is 23.2 Å². The average Bonchev–Trinajstić information content (AvgIpc) is 2.47. The van der Waals surface area contributed by atoms with Crippen molar-refractivity contribution < 1.29 is 12.6 Å². The van der Waals surface area contributed by atoms with Crippen LogP contribution in [0.15, 0.2) is 35.2 Å². The molecule has 21 heavy (non-hydrogen) atoms. The van der Waals surface area contributed by atoms with Crippen molar-refractivity contribution in [2.45, 2.75) is 31.1 Å². The van der Waals surface area contributed by atoms with Gasteiger partial charge in [-0.15, -0.1) is 0 Å². The van der Waals surface area contributed by atoms with E-state index in [2.05, 4.69) is 0 Å². The molecule has 114 valence electrons. The van der Waals surface area contributed by atoms with Gasteiger partial charge in [0.2, 0.25) is 0 Å². The van der Waals surface area contributed by atoms with Crippen LogP contribution in [-0.2, 0) is 14.3 Å². The zero-order valence-electron chi connectivity index (χ0n) is 11.6. The molecule has 0 aliphatic rings. The molecule has 0 heterocycles. The number of fused-ring (bicyclic) bond motifs is 1. The zero-order chi connectivity index (χ0) is 15.5. The Balaban J connectivity index is 2.39. The summed E-state index contributed by atoms with van der Waals surface area (Å²) in [5, 5.41) is 1.80. The summed E-state index contributed by atoms with van der Waals surface area (Å²) in [6.45, 7) is 2.19. The quantitative estimate of drug-likeness (QED) is 0.543. The van der Waals surface area contributed by atoms with Crippen LogP contribution in [0.3, 0.4) is 0 Å². The molecule has 2 aromatic rings. The van der Waals surface area contributed by atoms with Gasteiger partial charge in [0.25, 0.3) is 10.1 Å². The second kappa shape index (κ2) is 6.97. The summed E-state index contributed by atoms with van der Waals surface area (Å²) in [6.07, 6.45) is 2.60. The van der Waals surface area contributed by atoms with Crippen molar-refractivity contribution in [2.24, 2.45) is 0 Å². The standard InChI is InChI=1S/C15H16Cl2O3S/c1-2-3-6-9-20-21(18,19)14-10-13(16)11-7-4-5-8-12(11)15(14)17/h4-5,7-8,10H,2-3,6,9H2,1H3. The normalized spacial score (nSPS) is 12.0. The molecule has 0 saturated heterocycles. The van der Waals surface area contributed by atoms with Crippen molar-refractivity contribution >= 4 is 44.1 Å². The van der Waals surface area contributed by atoms with E-state index in [0.29, 0.717) is 22.2 Å². The highest BCUT2D eigenvalue weighted by Crippen LogP contribution is 2.36. The number of halogens is 2. The molecule has 0 radical (unpaired) electrons. The van der Waals surface area contributed by atoms with E-state index in [1.807, 2.05) is 13.0 Å². The van der Waals surface area contributed by atoms with Gasteiger partial charge in [-0.05, 0) is 12.5 Å². The van der Waals surface area contributed by atoms with E-state index in [4.69, 9.17) is 27.4 Å². The van der Waals surface area contributed by atoms with Gasteiger partial charge in [0, 0.05) is 15.8 Å². The number of rotatable bonds is 6. The first-order valence-electron chi connectivity index (χ1n) is 6.73. The lowest BCUT2D eigenvalue weighted by Gasteiger charge is -2.10. The number of benzene rings is 2. The smallest absolute Gasteiger partial charge is 0.266 e. The van der Waals surface area contributed by atoms with Crippen molar-refractivity contribution in [1.82, 2.24) is 0 Å². The molecule has 2 aromatic carbocycles. The lowest BCUT2D eigenvalue weighted by Crippen LogP contribution is -2.08. The molecule has 0 unspecified atom stereocenters. The summed E-state index contributed by atoms with van der Waals surface area (Å²) in [6, 6.07) is 8.48. The predicted octanol–water partition coefficient (Wildman–Crippen LogP) is 5.04. The largest absolute Gasteiger partial charge is 0.298 e. The van der Waals surface area contributed by atoms with E-state index < -0.39 is 10.1 Å². The molecule has 0 N–H and O–H groups in total.